The van der Waals surface area contributed by atoms with E-state index in [1.807, 2.05) is 4.90 Å². The lowest BCUT2D eigenvalue weighted by atomic mass is 9.96. The lowest BCUT2D eigenvalue weighted by Gasteiger charge is -2.36. The van der Waals surface area contributed by atoms with Crippen molar-refractivity contribution in [2.45, 2.75) is 47.1 Å². The molecule has 20 heavy (non-hydrogen) atoms. The van der Waals surface area contributed by atoms with Gasteiger partial charge in [0.25, 0.3) is 0 Å². The molecule has 1 fully saturated rings. The number of amides is 1. The van der Waals surface area contributed by atoms with Crippen molar-refractivity contribution < 1.29 is 4.79 Å². The maximum absolute atomic E-state index is 12.5. The Labute approximate surface area is 124 Å². The molecule has 1 aliphatic rings. The van der Waals surface area contributed by atoms with Crippen LogP contribution in [0.25, 0.3) is 0 Å². The fraction of sp³-hybridized carbons (Fsp3) is 0.938. The van der Waals surface area contributed by atoms with Gasteiger partial charge in [0.15, 0.2) is 0 Å². The lowest BCUT2D eigenvalue weighted by molar-refractivity contribution is -0.134. The zero-order chi connectivity index (χ0) is 15.3. The van der Waals surface area contributed by atoms with Crippen molar-refractivity contribution in [1.82, 2.24) is 9.80 Å². The van der Waals surface area contributed by atoms with E-state index >= 15 is 0 Å². The average Bonchev–Trinajstić information content (AvgIpc) is 2.24. The number of piperidine rings is 1. The number of nitrogens with two attached hydrogens (primary N) is 1. The fourth-order valence-corrected chi connectivity index (χ4v) is 3.09. The largest absolute Gasteiger partial charge is 0.341 e. The van der Waals surface area contributed by atoms with Crippen LogP contribution in [0.15, 0.2) is 0 Å². The summed E-state index contributed by atoms with van der Waals surface area (Å²) in [5.74, 6) is 1.88. The maximum Gasteiger partial charge on any atom is 0.236 e. The molecule has 2 unspecified atom stereocenters. The molecular weight excluding hydrogens is 250 g/mol. The van der Waals surface area contributed by atoms with Crippen molar-refractivity contribution in [3.05, 3.63) is 0 Å². The van der Waals surface area contributed by atoms with Gasteiger partial charge in [0, 0.05) is 32.2 Å². The third-order valence-electron chi connectivity index (χ3n) is 3.65. The van der Waals surface area contributed by atoms with Gasteiger partial charge >= 0.3 is 0 Å². The van der Waals surface area contributed by atoms with Gasteiger partial charge in [-0.1, -0.05) is 34.6 Å². The molecule has 0 spiro atoms. The molecule has 0 aliphatic carbocycles. The Morgan fingerprint density at radius 3 is 2.20 bits per heavy atom. The Balaban J connectivity index is 2.55. The van der Waals surface area contributed by atoms with Crippen molar-refractivity contribution in [3.63, 3.8) is 0 Å². The summed E-state index contributed by atoms with van der Waals surface area (Å²) in [5.41, 5.74) is 6.06. The predicted octanol–water partition coefficient (Wildman–Crippen LogP) is 1.80. The summed E-state index contributed by atoms with van der Waals surface area (Å²) in [7, 11) is 0. The molecule has 0 bridgehead atoms. The van der Waals surface area contributed by atoms with E-state index in [2.05, 4.69) is 39.5 Å². The second-order valence-corrected chi connectivity index (χ2v) is 7.38. The van der Waals surface area contributed by atoms with E-state index in [1.54, 1.807) is 0 Å². The number of carbonyl (C=O) groups excluding carboxylic acids is 1. The zero-order valence-corrected chi connectivity index (χ0v) is 13.9. The Kier molecular flexibility index (Phi) is 6.96. The summed E-state index contributed by atoms with van der Waals surface area (Å²) in [6.07, 6.45) is 1.08. The number of rotatable bonds is 6. The van der Waals surface area contributed by atoms with Crippen LogP contribution in [0.2, 0.25) is 0 Å². The highest BCUT2D eigenvalue weighted by Crippen LogP contribution is 2.15. The minimum Gasteiger partial charge on any atom is -0.341 e. The molecule has 1 heterocycles. The third kappa shape index (κ3) is 6.23. The average molecular weight is 283 g/mol. The maximum atomic E-state index is 12.5. The molecule has 0 radical (unpaired) electrons. The van der Waals surface area contributed by atoms with Crippen LogP contribution in [0, 0.1) is 17.8 Å². The first-order valence-corrected chi connectivity index (χ1v) is 8.03. The zero-order valence-electron chi connectivity index (χ0n) is 13.9. The monoisotopic (exact) mass is 283 g/mol. The van der Waals surface area contributed by atoms with Crippen molar-refractivity contribution in [3.8, 4) is 0 Å². The van der Waals surface area contributed by atoms with Crippen molar-refractivity contribution in [2.75, 3.05) is 32.7 Å². The first-order valence-electron chi connectivity index (χ1n) is 8.03. The Morgan fingerprint density at radius 1 is 1.20 bits per heavy atom. The molecule has 0 aromatic rings. The normalized spacial score (nSPS) is 24.4. The third-order valence-corrected chi connectivity index (χ3v) is 3.65. The van der Waals surface area contributed by atoms with Gasteiger partial charge < -0.3 is 10.6 Å². The van der Waals surface area contributed by atoms with Gasteiger partial charge in [-0.25, -0.2) is 0 Å². The van der Waals surface area contributed by atoms with Crippen molar-refractivity contribution in [2.24, 2.45) is 23.5 Å². The molecule has 1 amide bonds. The number of likely N-dealkylation sites (tertiary alicyclic amines) is 1. The minimum atomic E-state index is 0.218. The van der Waals surface area contributed by atoms with Crippen LogP contribution in [-0.2, 0) is 4.79 Å². The van der Waals surface area contributed by atoms with Crippen LogP contribution in [0.5, 0.6) is 0 Å². The summed E-state index contributed by atoms with van der Waals surface area (Å²) in [4.78, 5) is 16.8. The highest BCUT2D eigenvalue weighted by atomic mass is 16.2. The number of hydrogen-bond donors (Lipinski definition) is 1. The lowest BCUT2D eigenvalue weighted by Crippen LogP contribution is -2.51. The molecule has 2 N–H and O–H groups in total. The van der Waals surface area contributed by atoms with Crippen LogP contribution in [0.3, 0.4) is 0 Å². The van der Waals surface area contributed by atoms with Crippen molar-refractivity contribution in [1.29, 1.82) is 0 Å². The Hall–Kier alpha value is -0.610. The second kappa shape index (κ2) is 7.99. The topological polar surface area (TPSA) is 49.6 Å². The van der Waals surface area contributed by atoms with Crippen molar-refractivity contribution >= 4 is 5.91 Å². The Bertz CT molecular complexity index is 284. The molecule has 1 saturated heterocycles. The molecule has 0 saturated carbocycles. The van der Waals surface area contributed by atoms with Gasteiger partial charge in [0.05, 0.1) is 6.54 Å². The van der Waals surface area contributed by atoms with E-state index < -0.39 is 0 Å². The first kappa shape index (κ1) is 17.4. The summed E-state index contributed by atoms with van der Waals surface area (Å²) >= 11 is 0. The highest BCUT2D eigenvalue weighted by molar-refractivity contribution is 5.78. The van der Waals surface area contributed by atoms with E-state index in [0.717, 1.165) is 32.6 Å². The van der Waals surface area contributed by atoms with Gasteiger partial charge in [-0.2, -0.15) is 0 Å². The predicted molar refractivity (Wildman–Crippen MR) is 84.5 cm³/mol. The quantitative estimate of drug-likeness (QED) is 0.808. The van der Waals surface area contributed by atoms with E-state index in [0.29, 0.717) is 24.3 Å². The van der Waals surface area contributed by atoms with Gasteiger partial charge in [0.2, 0.25) is 5.91 Å². The summed E-state index contributed by atoms with van der Waals surface area (Å²) < 4.78 is 0. The molecule has 118 valence electrons. The molecule has 4 nitrogen and oxygen atoms in total. The summed E-state index contributed by atoms with van der Waals surface area (Å²) in [6, 6.07) is 0.218. The molecule has 2 atom stereocenters. The number of hydrogen-bond acceptors (Lipinski definition) is 3. The van der Waals surface area contributed by atoms with Crippen LogP contribution in [0.1, 0.15) is 41.0 Å². The van der Waals surface area contributed by atoms with E-state index in [-0.39, 0.29) is 11.9 Å². The van der Waals surface area contributed by atoms with E-state index in [4.69, 9.17) is 5.73 Å². The van der Waals surface area contributed by atoms with Gasteiger partial charge in [-0.3, -0.25) is 9.69 Å². The molecular formula is C16H33N3O. The number of nitrogens with zero attached hydrogens (tertiary/aromatic N) is 2. The van der Waals surface area contributed by atoms with Crippen LogP contribution in [-0.4, -0.2) is 54.5 Å². The SMILES string of the molecule is CC(C)CN(CC(C)C)C(=O)CN1CC(C)CC(N)C1. The number of carbonyl (C=O) groups is 1. The minimum absolute atomic E-state index is 0.218. The molecule has 1 rings (SSSR count). The Morgan fingerprint density at radius 2 is 1.75 bits per heavy atom. The van der Waals surface area contributed by atoms with Gasteiger partial charge in [0.1, 0.15) is 0 Å². The van der Waals surface area contributed by atoms with Crippen LogP contribution < -0.4 is 5.73 Å². The smallest absolute Gasteiger partial charge is 0.236 e. The molecule has 4 heteroatoms. The van der Waals surface area contributed by atoms with Crippen LogP contribution >= 0.6 is 0 Å². The standard InChI is InChI=1S/C16H33N3O/c1-12(2)7-19(8-13(3)4)16(20)11-18-9-14(5)6-15(17)10-18/h12-15H,6-11,17H2,1-5H3. The first-order chi connectivity index (χ1) is 9.27. The van der Waals surface area contributed by atoms with E-state index in [1.165, 1.54) is 0 Å². The van der Waals surface area contributed by atoms with Gasteiger partial charge in [-0.15, -0.1) is 0 Å². The van der Waals surface area contributed by atoms with E-state index in [9.17, 15) is 4.79 Å². The fourth-order valence-electron chi connectivity index (χ4n) is 3.09. The summed E-state index contributed by atoms with van der Waals surface area (Å²) in [6.45, 7) is 15.0. The molecule has 1 aliphatic heterocycles. The molecule has 0 aromatic heterocycles. The highest BCUT2D eigenvalue weighted by Gasteiger charge is 2.25. The molecule has 0 aromatic carbocycles. The summed E-state index contributed by atoms with van der Waals surface area (Å²) in [5, 5.41) is 0. The van der Waals surface area contributed by atoms with Gasteiger partial charge in [-0.05, 0) is 24.2 Å². The second-order valence-electron chi connectivity index (χ2n) is 7.38. The van der Waals surface area contributed by atoms with Crippen LogP contribution in [0.4, 0.5) is 0 Å².